The highest BCUT2D eigenvalue weighted by Crippen LogP contribution is 2.09. The lowest BCUT2D eigenvalue weighted by Gasteiger charge is -2.34. The molecule has 96 valence electrons. The van der Waals surface area contributed by atoms with Crippen molar-refractivity contribution in [2.75, 3.05) is 20.6 Å². The molecule has 0 aromatic carbocycles. The second-order valence-electron chi connectivity index (χ2n) is 4.99. The second kappa shape index (κ2) is 6.70. The van der Waals surface area contributed by atoms with Crippen LogP contribution in [0, 0.1) is 0 Å². The molecule has 0 saturated heterocycles. The van der Waals surface area contributed by atoms with Crippen molar-refractivity contribution in [3.8, 4) is 0 Å². The minimum atomic E-state index is 0.0958. The van der Waals surface area contributed by atoms with E-state index >= 15 is 0 Å². The summed E-state index contributed by atoms with van der Waals surface area (Å²) in [4.78, 5) is 2.18. The molecule has 0 spiro atoms. The molecular weight excluding hydrogens is 204 g/mol. The van der Waals surface area contributed by atoms with E-state index in [0.717, 1.165) is 13.0 Å². The summed E-state index contributed by atoms with van der Waals surface area (Å²) in [6, 6.07) is 0.259. The molecule has 0 bridgehead atoms. The van der Waals surface area contributed by atoms with Crippen LogP contribution in [0.5, 0.6) is 0 Å². The molecule has 0 aliphatic heterocycles. The number of hydrogen-bond acceptors (Lipinski definition) is 4. The van der Waals surface area contributed by atoms with Crippen LogP contribution in [0.25, 0.3) is 0 Å². The smallest absolute Gasteiger partial charge is 0.140 e. The van der Waals surface area contributed by atoms with Gasteiger partial charge in [0.05, 0.1) is 0 Å². The Hall–Kier alpha value is -0.810. The largest absolute Gasteiger partial charge is 0.409 e. The molecule has 1 unspecified atom stereocenters. The molecule has 0 amide bonds. The van der Waals surface area contributed by atoms with Crippen LogP contribution in [0.2, 0.25) is 0 Å². The number of likely N-dealkylation sites (N-methyl/N-ethyl adjacent to an activating group) is 1. The summed E-state index contributed by atoms with van der Waals surface area (Å²) in [5, 5.41) is 15.0. The maximum Gasteiger partial charge on any atom is 0.140 e. The summed E-state index contributed by atoms with van der Waals surface area (Å²) in [6.07, 6.45) is 1.54. The minimum absolute atomic E-state index is 0.0958. The summed E-state index contributed by atoms with van der Waals surface area (Å²) in [6.45, 7) is 7.31. The lowest BCUT2D eigenvalue weighted by Crippen LogP contribution is -2.49. The third-order valence-electron chi connectivity index (χ3n) is 3.11. The Morgan fingerprint density at radius 2 is 2.06 bits per heavy atom. The minimum Gasteiger partial charge on any atom is -0.409 e. The Morgan fingerprint density at radius 1 is 1.50 bits per heavy atom. The third kappa shape index (κ3) is 5.32. The number of oxime groups is 1. The van der Waals surface area contributed by atoms with Crippen LogP contribution in [0.4, 0.5) is 0 Å². The van der Waals surface area contributed by atoms with Crippen molar-refractivity contribution in [1.29, 1.82) is 0 Å². The zero-order chi connectivity index (χ0) is 12.8. The molecule has 0 aromatic rings. The summed E-state index contributed by atoms with van der Waals surface area (Å²) in [5.41, 5.74) is 5.59. The van der Waals surface area contributed by atoms with Gasteiger partial charge in [-0.2, -0.15) is 0 Å². The lowest BCUT2D eigenvalue weighted by atomic mass is 10.0. The van der Waals surface area contributed by atoms with Crippen molar-refractivity contribution < 1.29 is 5.21 Å². The maximum absolute atomic E-state index is 8.52. The van der Waals surface area contributed by atoms with E-state index in [1.165, 1.54) is 0 Å². The Labute approximate surface area is 98.7 Å². The summed E-state index contributed by atoms with van der Waals surface area (Å²) in [5.74, 6) is 0.280. The molecule has 0 radical (unpaired) electrons. The van der Waals surface area contributed by atoms with Crippen molar-refractivity contribution in [2.45, 2.75) is 45.2 Å². The van der Waals surface area contributed by atoms with Crippen molar-refractivity contribution in [2.24, 2.45) is 10.9 Å². The Kier molecular flexibility index (Phi) is 6.36. The zero-order valence-corrected chi connectivity index (χ0v) is 11.1. The monoisotopic (exact) mass is 230 g/mol. The molecule has 0 fully saturated rings. The number of amidine groups is 1. The molecule has 0 heterocycles. The molecule has 4 N–H and O–H groups in total. The van der Waals surface area contributed by atoms with E-state index in [0.29, 0.717) is 6.42 Å². The van der Waals surface area contributed by atoms with Crippen molar-refractivity contribution in [3.63, 3.8) is 0 Å². The van der Waals surface area contributed by atoms with E-state index in [4.69, 9.17) is 10.9 Å². The molecule has 0 aliphatic rings. The van der Waals surface area contributed by atoms with Gasteiger partial charge in [-0.1, -0.05) is 12.1 Å². The molecule has 16 heavy (non-hydrogen) atoms. The van der Waals surface area contributed by atoms with Crippen molar-refractivity contribution in [3.05, 3.63) is 0 Å². The summed E-state index contributed by atoms with van der Waals surface area (Å²) >= 11 is 0. The van der Waals surface area contributed by atoms with Crippen LogP contribution in [0.15, 0.2) is 5.16 Å². The number of rotatable bonds is 7. The normalized spacial score (nSPS) is 15.5. The number of nitrogens with one attached hydrogen (secondary N) is 1. The fourth-order valence-electron chi connectivity index (χ4n) is 1.21. The first-order chi connectivity index (χ1) is 7.33. The molecular formula is C11H26N4O. The Morgan fingerprint density at radius 3 is 2.44 bits per heavy atom. The highest BCUT2D eigenvalue weighted by Gasteiger charge is 2.21. The van der Waals surface area contributed by atoms with E-state index in [1.54, 1.807) is 0 Å². The van der Waals surface area contributed by atoms with Gasteiger partial charge in [-0.25, -0.2) is 0 Å². The zero-order valence-electron chi connectivity index (χ0n) is 11.1. The van der Waals surface area contributed by atoms with Crippen LogP contribution >= 0.6 is 0 Å². The molecule has 5 heteroatoms. The molecule has 0 aliphatic carbocycles. The topological polar surface area (TPSA) is 73.9 Å². The first kappa shape index (κ1) is 15.2. The van der Waals surface area contributed by atoms with Crippen LogP contribution in [-0.2, 0) is 0 Å². The molecule has 1 atom stereocenters. The summed E-state index contributed by atoms with van der Waals surface area (Å²) < 4.78 is 0. The van der Waals surface area contributed by atoms with Gasteiger partial charge in [0.25, 0.3) is 0 Å². The van der Waals surface area contributed by atoms with E-state index in [9.17, 15) is 0 Å². The van der Waals surface area contributed by atoms with Gasteiger partial charge < -0.3 is 21.2 Å². The Balaban J connectivity index is 4.15. The van der Waals surface area contributed by atoms with Crippen LogP contribution in [0.3, 0.4) is 0 Å². The SMILES string of the molecule is CCC(CC(N)=NO)NCC(C)(C)N(C)C. The van der Waals surface area contributed by atoms with Gasteiger partial charge >= 0.3 is 0 Å². The van der Waals surface area contributed by atoms with E-state index in [-0.39, 0.29) is 17.4 Å². The first-order valence-corrected chi connectivity index (χ1v) is 5.70. The number of nitrogens with zero attached hydrogens (tertiary/aromatic N) is 2. The van der Waals surface area contributed by atoms with Crippen molar-refractivity contribution in [1.82, 2.24) is 10.2 Å². The van der Waals surface area contributed by atoms with Crippen LogP contribution in [-0.4, -0.2) is 48.2 Å². The first-order valence-electron chi connectivity index (χ1n) is 5.70. The average Bonchev–Trinajstić information content (AvgIpc) is 2.23. The molecule has 5 nitrogen and oxygen atoms in total. The third-order valence-corrected chi connectivity index (χ3v) is 3.11. The molecule has 0 saturated carbocycles. The van der Waals surface area contributed by atoms with E-state index < -0.39 is 0 Å². The highest BCUT2D eigenvalue weighted by molar-refractivity contribution is 5.80. The van der Waals surface area contributed by atoms with E-state index in [1.807, 2.05) is 0 Å². The van der Waals surface area contributed by atoms with Crippen LogP contribution < -0.4 is 11.1 Å². The fourth-order valence-corrected chi connectivity index (χ4v) is 1.21. The quantitative estimate of drug-likeness (QED) is 0.262. The Bertz CT molecular complexity index is 226. The second-order valence-corrected chi connectivity index (χ2v) is 4.99. The molecule has 0 rings (SSSR count). The highest BCUT2D eigenvalue weighted by atomic mass is 16.4. The van der Waals surface area contributed by atoms with Gasteiger partial charge in [0, 0.05) is 24.5 Å². The van der Waals surface area contributed by atoms with Gasteiger partial charge in [0.2, 0.25) is 0 Å². The predicted octanol–water partition coefficient (Wildman–Crippen LogP) is 0.831. The van der Waals surface area contributed by atoms with Gasteiger partial charge in [-0.05, 0) is 34.4 Å². The fraction of sp³-hybridized carbons (Fsp3) is 0.909. The average molecular weight is 230 g/mol. The number of nitrogens with two attached hydrogens (primary N) is 1. The number of hydrogen-bond donors (Lipinski definition) is 3. The van der Waals surface area contributed by atoms with Gasteiger partial charge in [-0.3, -0.25) is 0 Å². The standard InChI is InChI=1S/C11H26N4O/c1-6-9(7-10(12)14-16)13-8-11(2,3)15(4)5/h9,13,16H,6-8H2,1-5H3,(H2,12,14). The summed E-state index contributed by atoms with van der Waals surface area (Å²) in [7, 11) is 4.12. The van der Waals surface area contributed by atoms with E-state index in [2.05, 4.69) is 50.2 Å². The van der Waals surface area contributed by atoms with Gasteiger partial charge in [0.15, 0.2) is 0 Å². The predicted molar refractivity (Wildman–Crippen MR) is 67.9 cm³/mol. The molecule has 0 aromatic heterocycles. The van der Waals surface area contributed by atoms with Crippen molar-refractivity contribution >= 4 is 5.84 Å². The maximum atomic E-state index is 8.52. The van der Waals surface area contributed by atoms with Crippen LogP contribution in [0.1, 0.15) is 33.6 Å². The van der Waals surface area contributed by atoms with Gasteiger partial charge in [-0.15, -0.1) is 0 Å². The lowest BCUT2D eigenvalue weighted by molar-refractivity contribution is 0.184. The van der Waals surface area contributed by atoms with Gasteiger partial charge in [0.1, 0.15) is 5.84 Å².